The topological polar surface area (TPSA) is 0 Å². The molecule has 2 heteroatoms. The Morgan fingerprint density at radius 1 is 0.583 bits per heavy atom. The fourth-order valence-corrected chi connectivity index (χ4v) is 12.6. The zero-order valence-electron chi connectivity index (χ0n) is 15.6. The first-order chi connectivity index (χ1) is 11.2. The van der Waals surface area contributed by atoms with Gasteiger partial charge in [-0.2, -0.15) is 0 Å². The lowest BCUT2D eigenvalue weighted by molar-refractivity contribution is 1.36. The van der Waals surface area contributed by atoms with Crippen LogP contribution in [-0.2, 0) is 0 Å². The molecule has 0 spiro atoms. The molecule has 1 heterocycles. The quantitative estimate of drug-likeness (QED) is 0.547. The summed E-state index contributed by atoms with van der Waals surface area (Å²) < 4.78 is 0. The molecule has 4 rings (SSSR count). The maximum atomic E-state index is 2.54. The second-order valence-electron chi connectivity index (χ2n) is 8.44. The minimum Gasteiger partial charge on any atom is -0.0620 e. The van der Waals surface area contributed by atoms with Crippen LogP contribution in [0, 0.1) is 13.8 Å². The van der Waals surface area contributed by atoms with Crippen molar-refractivity contribution in [3.05, 3.63) is 59.7 Å². The van der Waals surface area contributed by atoms with E-state index in [1.807, 2.05) is 0 Å². The molecule has 0 unspecified atom stereocenters. The Morgan fingerprint density at radius 3 is 1.42 bits per heavy atom. The lowest BCUT2D eigenvalue weighted by atomic mass is 10.1. The van der Waals surface area contributed by atoms with Crippen molar-refractivity contribution in [3.8, 4) is 0 Å². The first-order valence-corrected chi connectivity index (χ1v) is 14.9. The Hall–Kier alpha value is -1.65. The Balaban J connectivity index is 2.26. The van der Waals surface area contributed by atoms with Crippen molar-refractivity contribution in [1.82, 2.24) is 0 Å². The van der Waals surface area contributed by atoms with Crippen molar-refractivity contribution < 1.29 is 0 Å². The molecule has 122 valence electrons. The SMILES string of the molecule is Cc1cc2c(cc1C)[Si](C)(C)c1cccc3cccc(c13)[Si]2(C)C. The Morgan fingerprint density at radius 2 is 1.00 bits per heavy atom. The standard InChI is InChI=1S/C22H26Si2/c1-15-13-20-21(14-16(15)2)24(5,6)19-12-8-10-17-9-7-11-18(22(17)19)23(20,3)4/h7-14H,1-6H3. The number of hydrogen-bond donors (Lipinski definition) is 0. The van der Waals surface area contributed by atoms with Gasteiger partial charge in [0.05, 0.1) is 0 Å². The molecule has 0 N–H and O–H groups in total. The Kier molecular flexibility index (Phi) is 3.26. The third-order valence-electron chi connectivity index (χ3n) is 6.23. The van der Waals surface area contributed by atoms with Crippen LogP contribution in [0.4, 0.5) is 0 Å². The van der Waals surface area contributed by atoms with Gasteiger partial charge in [0.1, 0.15) is 16.1 Å². The summed E-state index contributed by atoms with van der Waals surface area (Å²) in [5.74, 6) is 0. The van der Waals surface area contributed by atoms with E-state index in [4.69, 9.17) is 0 Å². The molecule has 0 aliphatic carbocycles. The van der Waals surface area contributed by atoms with Gasteiger partial charge in [0.2, 0.25) is 0 Å². The number of rotatable bonds is 0. The van der Waals surface area contributed by atoms with E-state index in [1.165, 1.54) is 16.5 Å². The monoisotopic (exact) mass is 346 g/mol. The molecule has 0 saturated carbocycles. The van der Waals surface area contributed by atoms with Gasteiger partial charge in [-0.15, -0.1) is 0 Å². The van der Waals surface area contributed by atoms with E-state index >= 15 is 0 Å². The van der Waals surface area contributed by atoms with Gasteiger partial charge >= 0.3 is 0 Å². The fraction of sp³-hybridized carbons (Fsp3) is 0.273. The van der Waals surface area contributed by atoms with Crippen molar-refractivity contribution in [2.75, 3.05) is 0 Å². The Labute approximate surface area is 147 Å². The van der Waals surface area contributed by atoms with Crippen LogP contribution in [0.3, 0.4) is 0 Å². The average molecular weight is 347 g/mol. The van der Waals surface area contributed by atoms with Crippen molar-refractivity contribution in [1.29, 1.82) is 0 Å². The van der Waals surface area contributed by atoms with Gasteiger partial charge in [0.25, 0.3) is 0 Å². The summed E-state index contributed by atoms with van der Waals surface area (Å²) in [5.41, 5.74) is 2.88. The zero-order valence-corrected chi connectivity index (χ0v) is 17.6. The minimum atomic E-state index is -1.72. The first-order valence-electron chi connectivity index (χ1n) is 8.89. The summed E-state index contributed by atoms with van der Waals surface area (Å²) in [6.07, 6.45) is 0. The molecule has 1 aliphatic rings. The third-order valence-corrected chi connectivity index (χ3v) is 13.5. The van der Waals surface area contributed by atoms with Gasteiger partial charge in [0.15, 0.2) is 0 Å². The molecule has 24 heavy (non-hydrogen) atoms. The summed E-state index contributed by atoms with van der Waals surface area (Å²) in [4.78, 5) is 0. The van der Waals surface area contributed by atoms with Crippen molar-refractivity contribution in [2.45, 2.75) is 40.0 Å². The summed E-state index contributed by atoms with van der Waals surface area (Å²) in [6.45, 7) is 14.7. The zero-order chi connectivity index (χ0) is 17.3. The molecular formula is C22H26Si2. The van der Waals surface area contributed by atoms with E-state index in [0.29, 0.717) is 0 Å². The van der Waals surface area contributed by atoms with Gasteiger partial charge in [-0.1, -0.05) is 85.1 Å². The van der Waals surface area contributed by atoms with E-state index in [-0.39, 0.29) is 0 Å². The van der Waals surface area contributed by atoms with E-state index in [9.17, 15) is 0 Å². The highest BCUT2D eigenvalue weighted by atomic mass is 28.3. The van der Waals surface area contributed by atoms with Crippen molar-refractivity contribution >= 4 is 47.7 Å². The fourth-order valence-electron chi connectivity index (χ4n) is 4.52. The molecule has 0 atom stereocenters. The molecule has 0 bridgehead atoms. The molecule has 0 fully saturated rings. The van der Waals surface area contributed by atoms with Crippen LogP contribution in [0.1, 0.15) is 11.1 Å². The normalized spacial score (nSPS) is 17.4. The smallest absolute Gasteiger partial charge is 0.0620 e. The minimum absolute atomic E-state index is 1.42. The molecule has 3 aromatic carbocycles. The van der Waals surface area contributed by atoms with Crippen LogP contribution in [0.5, 0.6) is 0 Å². The second kappa shape index (κ2) is 4.93. The summed E-state index contributed by atoms with van der Waals surface area (Å²) in [7, 11) is -3.44. The van der Waals surface area contributed by atoms with Gasteiger partial charge in [-0.25, -0.2) is 0 Å². The highest BCUT2D eigenvalue weighted by Gasteiger charge is 2.41. The van der Waals surface area contributed by atoms with Crippen LogP contribution >= 0.6 is 0 Å². The number of hydrogen-bond acceptors (Lipinski definition) is 0. The van der Waals surface area contributed by atoms with Gasteiger partial charge in [0, 0.05) is 0 Å². The summed E-state index contributed by atoms with van der Waals surface area (Å²) in [6, 6.07) is 19.0. The number of fused-ring (bicyclic) bond motifs is 1. The van der Waals surface area contributed by atoms with Crippen LogP contribution in [0.15, 0.2) is 48.5 Å². The molecule has 0 nitrogen and oxygen atoms in total. The van der Waals surface area contributed by atoms with Gasteiger partial charge < -0.3 is 0 Å². The summed E-state index contributed by atoms with van der Waals surface area (Å²) in [5, 5.41) is 9.58. The first kappa shape index (κ1) is 15.9. The van der Waals surface area contributed by atoms with Gasteiger partial charge in [-0.3, -0.25) is 0 Å². The van der Waals surface area contributed by atoms with E-state index in [0.717, 1.165) is 0 Å². The number of benzene rings is 3. The van der Waals surface area contributed by atoms with E-state index < -0.39 is 16.1 Å². The van der Waals surface area contributed by atoms with Crippen LogP contribution < -0.4 is 20.7 Å². The van der Waals surface area contributed by atoms with E-state index in [1.54, 1.807) is 26.1 Å². The highest BCUT2D eigenvalue weighted by molar-refractivity contribution is 7.12. The summed E-state index contributed by atoms with van der Waals surface area (Å²) >= 11 is 0. The van der Waals surface area contributed by atoms with E-state index in [2.05, 4.69) is 88.6 Å². The molecule has 0 amide bonds. The number of aryl methyl sites for hydroxylation is 2. The maximum Gasteiger partial charge on any atom is 0.112 e. The lowest BCUT2D eigenvalue weighted by Crippen LogP contribution is -2.63. The van der Waals surface area contributed by atoms with Crippen molar-refractivity contribution in [2.24, 2.45) is 0 Å². The maximum absolute atomic E-state index is 2.54. The second-order valence-corrected chi connectivity index (χ2v) is 17.1. The highest BCUT2D eigenvalue weighted by Crippen LogP contribution is 2.22. The molecule has 3 aromatic rings. The largest absolute Gasteiger partial charge is 0.112 e. The van der Waals surface area contributed by atoms with Crippen LogP contribution in [0.2, 0.25) is 26.2 Å². The third kappa shape index (κ3) is 1.96. The van der Waals surface area contributed by atoms with Gasteiger partial charge in [-0.05, 0) is 46.1 Å². The molecule has 0 aromatic heterocycles. The average Bonchev–Trinajstić information content (AvgIpc) is 2.59. The molecule has 1 aliphatic heterocycles. The van der Waals surface area contributed by atoms with Crippen molar-refractivity contribution in [3.63, 3.8) is 0 Å². The lowest BCUT2D eigenvalue weighted by Gasteiger charge is -2.30. The molecular weight excluding hydrogens is 320 g/mol. The predicted octanol–water partition coefficient (Wildman–Crippen LogP) is 3.42. The van der Waals surface area contributed by atoms with Crippen LogP contribution in [-0.4, -0.2) is 16.1 Å². The molecule has 0 radical (unpaired) electrons. The molecule has 0 saturated heterocycles. The Bertz CT molecular complexity index is 905. The predicted molar refractivity (Wildman–Crippen MR) is 113 cm³/mol. The van der Waals surface area contributed by atoms with Crippen LogP contribution in [0.25, 0.3) is 10.8 Å².